The maximum absolute atomic E-state index is 13.0. The molecule has 0 bridgehead atoms. The molecule has 1 aliphatic heterocycles. The van der Waals surface area contributed by atoms with E-state index in [9.17, 15) is 16.8 Å². The van der Waals surface area contributed by atoms with Crippen molar-refractivity contribution in [2.45, 2.75) is 18.2 Å². The van der Waals surface area contributed by atoms with Crippen LogP contribution in [-0.4, -0.2) is 39.9 Å². The molecule has 2 aromatic carbocycles. The van der Waals surface area contributed by atoms with Crippen LogP contribution >= 0.6 is 0 Å². The summed E-state index contributed by atoms with van der Waals surface area (Å²) in [6.07, 6.45) is 4.09. The van der Waals surface area contributed by atoms with Crippen LogP contribution in [0.15, 0.2) is 78.0 Å². The van der Waals surface area contributed by atoms with Gasteiger partial charge >= 0.3 is 10.2 Å². The monoisotopic (exact) mass is 509 g/mol. The molecule has 4 aromatic rings. The van der Waals surface area contributed by atoms with E-state index in [0.717, 1.165) is 27.7 Å². The van der Waals surface area contributed by atoms with Crippen LogP contribution in [0.25, 0.3) is 22.2 Å². The van der Waals surface area contributed by atoms with Crippen molar-refractivity contribution in [2.24, 2.45) is 0 Å². The lowest BCUT2D eigenvalue weighted by Crippen LogP contribution is -2.47. The summed E-state index contributed by atoms with van der Waals surface area (Å²) in [5, 5.41) is 0.919. The van der Waals surface area contributed by atoms with Gasteiger partial charge in [-0.3, -0.25) is 14.0 Å². The predicted molar refractivity (Wildman–Crippen MR) is 136 cm³/mol. The van der Waals surface area contributed by atoms with Crippen molar-refractivity contribution in [1.82, 2.24) is 14.7 Å². The van der Waals surface area contributed by atoms with Gasteiger partial charge in [0.05, 0.1) is 21.8 Å². The Labute approximate surface area is 204 Å². The summed E-state index contributed by atoms with van der Waals surface area (Å²) in [5.41, 5.74) is 4.09. The average molecular weight is 510 g/mol. The minimum Gasteiger partial charge on any atom is -0.280 e. The van der Waals surface area contributed by atoms with E-state index < -0.39 is 20.2 Å². The van der Waals surface area contributed by atoms with Gasteiger partial charge in [-0.15, -0.1) is 0 Å². The van der Waals surface area contributed by atoms with Crippen molar-refractivity contribution in [3.05, 3.63) is 78.6 Å². The molecule has 0 atom stereocenters. The summed E-state index contributed by atoms with van der Waals surface area (Å²) in [6, 6.07) is 16.7. The highest BCUT2D eigenvalue weighted by atomic mass is 32.2. The molecule has 2 aromatic heterocycles. The highest BCUT2D eigenvalue weighted by Gasteiger charge is 2.26. The van der Waals surface area contributed by atoms with Crippen molar-refractivity contribution < 1.29 is 16.8 Å². The van der Waals surface area contributed by atoms with Crippen molar-refractivity contribution in [3.63, 3.8) is 0 Å². The Balaban J connectivity index is 1.41. The molecular formula is C24H23N5O4S2. The zero-order valence-electron chi connectivity index (χ0n) is 18.8. The Morgan fingerprint density at radius 3 is 2.60 bits per heavy atom. The van der Waals surface area contributed by atoms with Crippen LogP contribution < -0.4 is 13.7 Å². The summed E-state index contributed by atoms with van der Waals surface area (Å²) >= 11 is 0. The van der Waals surface area contributed by atoms with E-state index in [2.05, 4.69) is 14.4 Å². The number of aromatic nitrogens is 2. The van der Waals surface area contributed by atoms with Crippen molar-refractivity contribution in [2.75, 3.05) is 22.1 Å². The lowest BCUT2D eigenvalue weighted by molar-refractivity contribution is 0.560. The van der Waals surface area contributed by atoms with Gasteiger partial charge in [-0.25, -0.2) is 13.4 Å². The number of pyridine rings is 2. The Morgan fingerprint density at radius 2 is 1.83 bits per heavy atom. The van der Waals surface area contributed by atoms with E-state index >= 15 is 0 Å². The van der Waals surface area contributed by atoms with Crippen molar-refractivity contribution in [1.29, 1.82) is 0 Å². The van der Waals surface area contributed by atoms with Gasteiger partial charge in [0.1, 0.15) is 0 Å². The number of fused-ring (bicyclic) bond motifs is 1. The van der Waals surface area contributed by atoms with Gasteiger partial charge in [0.25, 0.3) is 10.0 Å². The first kappa shape index (κ1) is 23.2. The SMILES string of the molecule is Cc1ccc(NS(=O)(=O)c2ccc(N3CCCNS3(=O)=O)cc2)cc1-c1ccc2cnccc2n1. The third-order valence-corrected chi connectivity index (χ3v) is 8.74. The molecule has 11 heteroatoms. The van der Waals surface area contributed by atoms with Gasteiger partial charge in [0.15, 0.2) is 0 Å². The van der Waals surface area contributed by atoms with Crippen LogP contribution in [0.2, 0.25) is 0 Å². The lowest BCUT2D eigenvalue weighted by atomic mass is 10.0. The van der Waals surface area contributed by atoms with Gasteiger partial charge in [-0.2, -0.15) is 13.1 Å². The summed E-state index contributed by atoms with van der Waals surface area (Å²) in [6.45, 7) is 2.67. The molecule has 0 radical (unpaired) electrons. The maximum Gasteiger partial charge on any atom is 0.301 e. The average Bonchev–Trinajstić information content (AvgIpc) is 2.84. The number of rotatable bonds is 5. The second kappa shape index (κ2) is 8.91. The minimum atomic E-state index is -3.90. The number of sulfonamides is 1. The van der Waals surface area contributed by atoms with Gasteiger partial charge in [-0.05, 0) is 73.5 Å². The van der Waals surface area contributed by atoms with E-state index in [-0.39, 0.29) is 4.90 Å². The second-order valence-corrected chi connectivity index (χ2v) is 11.6. The Morgan fingerprint density at radius 1 is 1.03 bits per heavy atom. The minimum absolute atomic E-state index is 0.0297. The van der Waals surface area contributed by atoms with Crippen LogP contribution in [0.5, 0.6) is 0 Å². The Hall–Kier alpha value is -3.54. The number of nitrogens with zero attached hydrogens (tertiary/aromatic N) is 3. The Kier molecular flexibility index (Phi) is 5.91. The molecule has 1 aliphatic rings. The number of benzene rings is 2. The van der Waals surface area contributed by atoms with Crippen LogP contribution in [0.1, 0.15) is 12.0 Å². The Bertz CT molecular complexity index is 1620. The molecule has 1 saturated heterocycles. The molecule has 3 heterocycles. The molecular weight excluding hydrogens is 486 g/mol. The van der Waals surface area contributed by atoms with Gasteiger partial charge < -0.3 is 0 Å². The molecule has 1 fully saturated rings. The van der Waals surface area contributed by atoms with E-state index in [4.69, 9.17) is 4.98 Å². The first-order chi connectivity index (χ1) is 16.7. The van der Waals surface area contributed by atoms with Crippen LogP contribution in [0.4, 0.5) is 11.4 Å². The molecule has 0 saturated carbocycles. The highest BCUT2D eigenvalue weighted by molar-refractivity contribution is 7.92. The number of aryl methyl sites for hydroxylation is 1. The molecule has 0 unspecified atom stereocenters. The number of nitrogens with one attached hydrogen (secondary N) is 2. The topological polar surface area (TPSA) is 121 Å². The second-order valence-electron chi connectivity index (χ2n) is 8.22. The molecule has 2 N–H and O–H groups in total. The molecule has 35 heavy (non-hydrogen) atoms. The third kappa shape index (κ3) is 4.70. The quantitative estimate of drug-likeness (QED) is 0.425. The van der Waals surface area contributed by atoms with Crippen LogP contribution in [0.3, 0.4) is 0 Å². The molecule has 9 nitrogen and oxygen atoms in total. The summed E-state index contributed by atoms with van der Waals surface area (Å²) in [4.78, 5) is 8.82. The number of anilines is 2. The summed E-state index contributed by atoms with van der Waals surface area (Å²) in [7, 11) is -7.51. The first-order valence-corrected chi connectivity index (χ1v) is 13.9. The molecule has 0 amide bonds. The molecule has 180 valence electrons. The maximum atomic E-state index is 13.0. The van der Waals surface area contributed by atoms with Crippen LogP contribution in [-0.2, 0) is 20.2 Å². The smallest absolute Gasteiger partial charge is 0.280 e. The normalized spacial score (nSPS) is 15.7. The number of hydrogen-bond donors (Lipinski definition) is 2. The van der Waals surface area contributed by atoms with Gasteiger partial charge in [0.2, 0.25) is 0 Å². The molecule has 0 aliphatic carbocycles. The van der Waals surface area contributed by atoms with Crippen LogP contribution in [0, 0.1) is 6.92 Å². The van der Waals surface area contributed by atoms with E-state index in [1.165, 1.54) is 28.6 Å². The summed E-state index contributed by atoms with van der Waals surface area (Å²) < 4.78 is 56.9. The summed E-state index contributed by atoms with van der Waals surface area (Å²) in [5.74, 6) is 0. The zero-order chi connectivity index (χ0) is 24.6. The zero-order valence-corrected chi connectivity index (χ0v) is 20.5. The fourth-order valence-electron chi connectivity index (χ4n) is 3.97. The highest BCUT2D eigenvalue weighted by Crippen LogP contribution is 2.29. The van der Waals surface area contributed by atoms with E-state index in [0.29, 0.717) is 30.9 Å². The molecule has 0 spiro atoms. The predicted octanol–water partition coefficient (Wildman–Crippen LogP) is 3.45. The fraction of sp³-hybridized carbons (Fsp3) is 0.167. The largest absolute Gasteiger partial charge is 0.301 e. The number of hydrogen-bond acceptors (Lipinski definition) is 6. The third-order valence-electron chi connectivity index (χ3n) is 5.80. The molecule has 5 rings (SSSR count). The lowest BCUT2D eigenvalue weighted by Gasteiger charge is -2.28. The van der Waals surface area contributed by atoms with Gasteiger partial charge in [0, 0.05) is 42.1 Å². The first-order valence-electron chi connectivity index (χ1n) is 10.9. The van der Waals surface area contributed by atoms with E-state index in [1.807, 2.05) is 31.2 Å². The fourth-order valence-corrected chi connectivity index (χ4v) is 6.35. The standard InChI is InChI=1S/C24H23N5O4S2/c1-17-3-5-19(15-22(17)24-10-4-18-16-25-13-11-23(18)27-24)28-34(30,31)21-8-6-20(7-9-21)29-14-2-12-26-35(29,32)33/h3-11,13,15-16,26,28H,2,12,14H2,1H3. The van der Waals surface area contributed by atoms with E-state index in [1.54, 1.807) is 24.5 Å². The van der Waals surface area contributed by atoms with Gasteiger partial charge in [-0.1, -0.05) is 6.07 Å². The van der Waals surface area contributed by atoms with Crippen molar-refractivity contribution >= 4 is 42.5 Å². The van der Waals surface area contributed by atoms with Crippen molar-refractivity contribution in [3.8, 4) is 11.3 Å².